The fourth-order valence-corrected chi connectivity index (χ4v) is 2.00. The predicted octanol–water partition coefficient (Wildman–Crippen LogP) is 0.217. The van der Waals surface area contributed by atoms with Gasteiger partial charge in [-0.05, 0) is 0 Å². The molecule has 0 amide bonds. The SMILES string of the molecule is FC(F)(F)c1ccccc1C[CH2][Zn+].[I-]. The van der Waals surface area contributed by atoms with Crippen LogP contribution in [0.2, 0.25) is 5.02 Å². The van der Waals surface area contributed by atoms with Gasteiger partial charge in [0, 0.05) is 0 Å². The van der Waals surface area contributed by atoms with Crippen molar-refractivity contribution < 1.29 is 55.5 Å². The number of rotatable bonds is 2. The summed E-state index contributed by atoms with van der Waals surface area (Å²) in [6.07, 6.45) is -3.67. The average Bonchev–Trinajstić information content (AvgIpc) is 2.04. The number of aryl methyl sites for hydroxylation is 1. The van der Waals surface area contributed by atoms with Crippen molar-refractivity contribution in [2.24, 2.45) is 0 Å². The Kier molecular flexibility index (Phi) is 6.21. The van der Waals surface area contributed by atoms with Crippen molar-refractivity contribution in [2.75, 3.05) is 0 Å². The molecule has 1 aromatic carbocycles. The van der Waals surface area contributed by atoms with Crippen LogP contribution in [0, 0.1) is 0 Å². The second kappa shape index (κ2) is 6.06. The molecule has 0 aromatic heterocycles. The summed E-state index contributed by atoms with van der Waals surface area (Å²) in [5.74, 6) is 0. The molecule has 1 rings (SSSR count). The van der Waals surface area contributed by atoms with E-state index in [-0.39, 0.29) is 24.0 Å². The Morgan fingerprint density at radius 1 is 1.14 bits per heavy atom. The van der Waals surface area contributed by atoms with Crippen molar-refractivity contribution in [3.8, 4) is 0 Å². The minimum Gasteiger partial charge on any atom is -1.00 e. The summed E-state index contributed by atoms with van der Waals surface area (Å²) in [7, 11) is 0. The molecular formula is C9H8F3IZn. The van der Waals surface area contributed by atoms with Crippen molar-refractivity contribution >= 4 is 0 Å². The van der Waals surface area contributed by atoms with E-state index in [2.05, 4.69) is 0 Å². The molecule has 0 aliphatic rings. The molecule has 0 aliphatic carbocycles. The summed E-state index contributed by atoms with van der Waals surface area (Å²) >= 11 is 1.03. The van der Waals surface area contributed by atoms with E-state index < -0.39 is 11.7 Å². The minimum absolute atomic E-state index is 0. The van der Waals surface area contributed by atoms with Gasteiger partial charge in [-0.3, -0.25) is 0 Å². The molecule has 0 aliphatic heterocycles. The minimum atomic E-state index is -4.20. The van der Waals surface area contributed by atoms with Gasteiger partial charge in [-0.1, -0.05) is 0 Å². The van der Waals surface area contributed by atoms with Crippen LogP contribution < -0.4 is 24.0 Å². The summed E-state index contributed by atoms with van der Waals surface area (Å²) in [5, 5.41) is 0.854. The molecule has 0 N–H and O–H groups in total. The first kappa shape index (κ1) is 14.4. The van der Waals surface area contributed by atoms with E-state index in [4.69, 9.17) is 0 Å². The molecule has 1 aromatic rings. The molecule has 5 heteroatoms. The molecule has 0 heterocycles. The molecule has 0 nitrogen and oxygen atoms in total. The number of halogens is 4. The normalized spacial score (nSPS) is 10.9. The number of benzene rings is 1. The molecule has 0 fully saturated rings. The van der Waals surface area contributed by atoms with Crippen LogP contribution in [-0.4, -0.2) is 0 Å². The third-order valence-corrected chi connectivity index (χ3v) is 2.51. The molecule has 0 radical (unpaired) electrons. The van der Waals surface area contributed by atoms with Gasteiger partial charge in [0.05, 0.1) is 0 Å². The van der Waals surface area contributed by atoms with Gasteiger partial charge < -0.3 is 24.0 Å². The largest absolute Gasteiger partial charge is 1.00 e. The van der Waals surface area contributed by atoms with E-state index in [1.165, 1.54) is 6.07 Å². The Morgan fingerprint density at radius 3 is 2.21 bits per heavy atom. The van der Waals surface area contributed by atoms with E-state index in [0.29, 0.717) is 12.0 Å². The van der Waals surface area contributed by atoms with Crippen molar-refractivity contribution in [1.82, 2.24) is 0 Å². The second-order valence-corrected chi connectivity index (χ2v) is 4.24. The van der Waals surface area contributed by atoms with Gasteiger partial charge in [-0.2, -0.15) is 0 Å². The van der Waals surface area contributed by atoms with Crippen LogP contribution in [0.15, 0.2) is 24.3 Å². The third kappa shape index (κ3) is 3.85. The second-order valence-electron chi connectivity index (χ2n) is 2.76. The Bertz CT molecular complexity index is 286. The van der Waals surface area contributed by atoms with Crippen molar-refractivity contribution in [2.45, 2.75) is 17.6 Å². The van der Waals surface area contributed by atoms with Gasteiger partial charge >= 0.3 is 84.5 Å². The number of hydrogen-bond donors (Lipinski definition) is 0. The van der Waals surface area contributed by atoms with Crippen LogP contribution in [0.4, 0.5) is 13.2 Å². The first-order valence-corrected chi connectivity index (χ1v) is 6.10. The molecule has 0 unspecified atom stereocenters. The zero-order chi connectivity index (χ0) is 9.90. The Balaban J connectivity index is 0.00000169. The standard InChI is InChI=1S/C9H8F3.HI.Zn/c1-2-7-5-3-4-6-8(7)9(10,11)12;;/h3-6H,1-2H2;1H;/q;;+1/p-1. The van der Waals surface area contributed by atoms with Gasteiger partial charge in [-0.15, -0.1) is 0 Å². The summed E-state index contributed by atoms with van der Waals surface area (Å²) in [6, 6.07) is 5.78. The summed E-state index contributed by atoms with van der Waals surface area (Å²) in [5.41, 5.74) is -0.0651. The van der Waals surface area contributed by atoms with Crippen LogP contribution in [0.1, 0.15) is 11.1 Å². The zero-order valence-electron chi connectivity index (χ0n) is 7.44. The van der Waals surface area contributed by atoms with Crippen molar-refractivity contribution in [3.05, 3.63) is 35.4 Å². The van der Waals surface area contributed by atoms with Crippen LogP contribution in [0.25, 0.3) is 0 Å². The Labute approximate surface area is 108 Å². The Morgan fingerprint density at radius 2 is 1.71 bits per heavy atom. The van der Waals surface area contributed by atoms with Crippen LogP contribution in [-0.2, 0) is 30.9 Å². The maximum atomic E-state index is 12.4. The molecule has 74 valence electrons. The van der Waals surface area contributed by atoms with E-state index in [9.17, 15) is 13.2 Å². The molecular weight excluding hydrogens is 357 g/mol. The summed E-state index contributed by atoms with van der Waals surface area (Å²) in [6.45, 7) is 0. The van der Waals surface area contributed by atoms with Crippen molar-refractivity contribution in [3.63, 3.8) is 0 Å². The first-order valence-electron chi connectivity index (χ1n) is 4.00. The van der Waals surface area contributed by atoms with Gasteiger partial charge in [0.25, 0.3) is 0 Å². The number of alkyl halides is 3. The molecule has 14 heavy (non-hydrogen) atoms. The van der Waals surface area contributed by atoms with E-state index in [0.717, 1.165) is 29.4 Å². The van der Waals surface area contributed by atoms with E-state index in [1.54, 1.807) is 12.1 Å². The molecule has 0 saturated carbocycles. The molecule has 0 atom stereocenters. The summed E-state index contributed by atoms with van der Waals surface area (Å²) in [4.78, 5) is 0. The molecule has 0 saturated heterocycles. The van der Waals surface area contributed by atoms with Gasteiger partial charge in [-0.25, -0.2) is 0 Å². The zero-order valence-corrected chi connectivity index (χ0v) is 12.6. The van der Waals surface area contributed by atoms with Crippen LogP contribution in [0.3, 0.4) is 0 Å². The quantitative estimate of drug-likeness (QED) is 0.520. The molecule has 0 spiro atoms. The Hall–Kier alpha value is 0.363. The summed E-state index contributed by atoms with van der Waals surface area (Å²) < 4.78 is 37.1. The predicted molar refractivity (Wildman–Crippen MR) is 40.0 cm³/mol. The average molecular weight is 365 g/mol. The van der Waals surface area contributed by atoms with Crippen LogP contribution in [0.5, 0.6) is 0 Å². The maximum absolute atomic E-state index is 12.4. The maximum Gasteiger partial charge on any atom is -1.00 e. The monoisotopic (exact) mass is 364 g/mol. The first-order chi connectivity index (χ1) is 6.05. The van der Waals surface area contributed by atoms with E-state index >= 15 is 0 Å². The van der Waals surface area contributed by atoms with E-state index in [1.807, 2.05) is 0 Å². The fraction of sp³-hybridized carbons (Fsp3) is 0.333. The van der Waals surface area contributed by atoms with Crippen molar-refractivity contribution in [1.29, 1.82) is 0 Å². The fourth-order valence-electron chi connectivity index (χ4n) is 1.21. The molecule has 0 bridgehead atoms. The topological polar surface area (TPSA) is 0 Å². The smallest absolute Gasteiger partial charge is 1.00 e. The third-order valence-electron chi connectivity index (χ3n) is 1.77. The van der Waals surface area contributed by atoms with Gasteiger partial charge in [0.2, 0.25) is 0 Å². The van der Waals surface area contributed by atoms with Crippen LogP contribution >= 0.6 is 0 Å². The van der Waals surface area contributed by atoms with Gasteiger partial charge in [0.15, 0.2) is 0 Å². The van der Waals surface area contributed by atoms with Gasteiger partial charge in [0.1, 0.15) is 0 Å². The number of hydrogen-bond acceptors (Lipinski definition) is 0.